The minimum absolute atomic E-state index is 0.0940. The van der Waals surface area contributed by atoms with Gasteiger partial charge in [-0.25, -0.2) is 0 Å². The van der Waals surface area contributed by atoms with Crippen molar-refractivity contribution in [3.63, 3.8) is 0 Å². The van der Waals surface area contributed by atoms with Gasteiger partial charge in [0, 0.05) is 5.92 Å². The Labute approximate surface area is 176 Å². The third-order valence-electron chi connectivity index (χ3n) is 5.61. The summed E-state index contributed by atoms with van der Waals surface area (Å²) in [4.78, 5) is 25.9. The van der Waals surface area contributed by atoms with Gasteiger partial charge in [0.25, 0.3) is 0 Å². The smallest absolute Gasteiger partial charge is 0.319 e. The maximum Gasteiger partial charge on any atom is 0.319 e. The van der Waals surface area contributed by atoms with E-state index in [0.717, 1.165) is 11.1 Å². The second kappa shape index (κ2) is 8.39. The quantitative estimate of drug-likeness (QED) is 0.624. The number of amides is 1. The second-order valence-electron chi connectivity index (χ2n) is 7.56. The SMILES string of the molecule is CCOC(=O)C1C(=O)NC(c2ccc(C)cc2)C(C#N)(C#N)C1c1ccc(C)cc1. The minimum atomic E-state index is -1.70. The number of ether oxygens (including phenoxy) is 1. The first-order chi connectivity index (χ1) is 14.4. The summed E-state index contributed by atoms with van der Waals surface area (Å²) in [6.07, 6.45) is 0. The van der Waals surface area contributed by atoms with Gasteiger partial charge in [0.15, 0.2) is 5.41 Å². The van der Waals surface area contributed by atoms with E-state index < -0.39 is 35.2 Å². The maximum atomic E-state index is 13.1. The van der Waals surface area contributed by atoms with E-state index in [9.17, 15) is 20.1 Å². The average Bonchev–Trinajstić information content (AvgIpc) is 2.74. The van der Waals surface area contributed by atoms with Gasteiger partial charge in [-0.1, -0.05) is 59.7 Å². The van der Waals surface area contributed by atoms with Gasteiger partial charge in [0.2, 0.25) is 5.91 Å². The molecule has 1 heterocycles. The summed E-state index contributed by atoms with van der Waals surface area (Å²) >= 11 is 0. The molecule has 0 aliphatic carbocycles. The molecular formula is C24H23N3O3. The van der Waals surface area contributed by atoms with Crippen LogP contribution in [-0.2, 0) is 14.3 Å². The molecular weight excluding hydrogens is 378 g/mol. The fourth-order valence-corrected chi connectivity index (χ4v) is 4.04. The molecule has 0 bridgehead atoms. The van der Waals surface area contributed by atoms with Crippen LogP contribution >= 0.6 is 0 Å². The zero-order valence-electron chi connectivity index (χ0n) is 17.2. The van der Waals surface area contributed by atoms with E-state index in [1.54, 1.807) is 31.2 Å². The number of benzene rings is 2. The van der Waals surface area contributed by atoms with Gasteiger partial charge in [-0.15, -0.1) is 0 Å². The Kier molecular flexibility index (Phi) is 5.89. The van der Waals surface area contributed by atoms with Crippen molar-refractivity contribution in [1.82, 2.24) is 5.32 Å². The van der Waals surface area contributed by atoms with E-state index in [-0.39, 0.29) is 6.61 Å². The summed E-state index contributed by atoms with van der Waals surface area (Å²) in [5, 5.41) is 23.3. The summed E-state index contributed by atoms with van der Waals surface area (Å²) in [7, 11) is 0. The lowest BCUT2D eigenvalue weighted by atomic mass is 9.60. The lowest BCUT2D eigenvalue weighted by molar-refractivity contribution is -0.156. The van der Waals surface area contributed by atoms with Crippen molar-refractivity contribution < 1.29 is 14.3 Å². The zero-order valence-corrected chi connectivity index (χ0v) is 17.2. The number of esters is 1. The first-order valence-corrected chi connectivity index (χ1v) is 9.80. The Balaban J connectivity index is 2.24. The Morgan fingerprint density at radius 2 is 1.50 bits per heavy atom. The van der Waals surface area contributed by atoms with Crippen molar-refractivity contribution in [3.05, 3.63) is 70.8 Å². The van der Waals surface area contributed by atoms with Gasteiger partial charge in [0.05, 0.1) is 24.8 Å². The number of hydrogen-bond donors (Lipinski definition) is 1. The number of nitrogens with zero attached hydrogens (tertiary/aromatic N) is 2. The van der Waals surface area contributed by atoms with Crippen LogP contribution in [0.15, 0.2) is 48.5 Å². The molecule has 1 aliphatic heterocycles. The number of aryl methyl sites for hydroxylation is 2. The van der Waals surface area contributed by atoms with Crippen molar-refractivity contribution in [2.45, 2.75) is 32.7 Å². The average molecular weight is 401 g/mol. The maximum absolute atomic E-state index is 13.1. The molecule has 0 aromatic heterocycles. The van der Waals surface area contributed by atoms with Gasteiger partial charge in [0.1, 0.15) is 5.92 Å². The molecule has 1 N–H and O–H groups in total. The van der Waals surface area contributed by atoms with Crippen molar-refractivity contribution in [3.8, 4) is 12.1 Å². The first-order valence-electron chi connectivity index (χ1n) is 9.80. The first kappa shape index (κ1) is 21.1. The fraction of sp³-hybridized carbons (Fsp3) is 0.333. The van der Waals surface area contributed by atoms with Gasteiger partial charge in [-0.05, 0) is 31.9 Å². The fourth-order valence-electron chi connectivity index (χ4n) is 4.04. The zero-order chi connectivity index (χ0) is 21.9. The Morgan fingerprint density at radius 1 is 1.00 bits per heavy atom. The summed E-state index contributed by atoms with van der Waals surface area (Å²) in [5.74, 6) is -3.57. The largest absolute Gasteiger partial charge is 0.465 e. The van der Waals surface area contributed by atoms with E-state index >= 15 is 0 Å². The van der Waals surface area contributed by atoms with E-state index in [0.29, 0.717) is 11.1 Å². The molecule has 1 saturated heterocycles. The number of nitrogens with one attached hydrogen (secondary N) is 1. The van der Waals surface area contributed by atoms with E-state index in [1.165, 1.54) is 0 Å². The second-order valence-corrected chi connectivity index (χ2v) is 7.56. The van der Waals surface area contributed by atoms with Crippen LogP contribution in [0, 0.1) is 47.8 Å². The molecule has 3 rings (SSSR count). The molecule has 3 atom stereocenters. The van der Waals surface area contributed by atoms with Crippen LogP contribution in [-0.4, -0.2) is 18.5 Å². The number of carbonyl (C=O) groups is 2. The Morgan fingerprint density at radius 3 is 1.97 bits per heavy atom. The highest BCUT2D eigenvalue weighted by atomic mass is 16.5. The summed E-state index contributed by atoms with van der Waals surface area (Å²) < 4.78 is 5.15. The Bertz CT molecular complexity index is 1020. The summed E-state index contributed by atoms with van der Waals surface area (Å²) in [6, 6.07) is 17.9. The van der Waals surface area contributed by atoms with Crippen molar-refractivity contribution in [1.29, 1.82) is 10.5 Å². The number of rotatable bonds is 4. The predicted octanol–water partition coefficient (Wildman–Crippen LogP) is 3.47. The van der Waals surface area contributed by atoms with Crippen LogP contribution in [0.2, 0.25) is 0 Å². The molecule has 2 aromatic carbocycles. The van der Waals surface area contributed by atoms with Crippen molar-refractivity contribution in [2.75, 3.05) is 6.61 Å². The minimum Gasteiger partial charge on any atom is -0.465 e. The Hall–Kier alpha value is -3.64. The molecule has 30 heavy (non-hydrogen) atoms. The molecule has 2 aromatic rings. The highest BCUT2D eigenvalue weighted by Gasteiger charge is 2.60. The monoisotopic (exact) mass is 401 g/mol. The number of carbonyl (C=O) groups excluding carboxylic acids is 2. The van der Waals surface area contributed by atoms with E-state index in [2.05, 4.69) is 17.5 Å². The summed E-state index contributed by atoms with van der Waals surface area (Å²) in [5.41, 5.74) is 1.52. The third kappa shape index (κ3) is 3.53. The topological polar surface area (TPSA) is 103 Å². The lowest BCUT2D eigenvalue weighted by Gasteiger charge is -2.44. The van der Waals surface area contributed by atoms with Gasteiger partial charge >= 0.3 is 5.97 Å². The number of hydrogen-bond acceptors (Lipinski definition) is 5. The van der Waals surface area contributed by atoms with Crippen molar-refractivity contribution in [2.24, 2.45) is 11.3 Å². The molecule has 1 fully saturated rings. The van der Waals surface area contributed by atoms with Crippen LogP contribution in [0.4, 0.5) is 0 Å². The van der Waals surface area contributed by atoms with Gasteiger partial charge in [-0.2, -0.15) is 10.5 Å². The van der Waals surface area contributed by atoms with Crippen LogP contribution in [0.5, 0.6) is 0 Å². The molecule has 3 unspecified atom stereocenters. The van der Waals surface area contributed by atoms with Gasteiger partial charge < -0.3 is 10.1 Å². The molecule has 1 amide bonds. The number of nitriles is 2. The molecule has 152 valence electrons. The highest BCUT2D eigenvalue weighted by Crippen LogP contribution is 2.52. The standard InChI is InChI=1S/C24H23N3O3/c1-4-30-23(29)19-20(17-9-5-15(2)6-10-17)24(13-25,14-26)21(27-22(19)28)18-11-7-16(3)8-12-18/h5-12,19-21H,4H2,1-3H3,(H,27,28). The van der Waals surface area contributed by atoms with E-state index in [4.69, 9.17) is 4.74 Å². The molecule has 0 saturated carbocycles. The van der Waals surface area contributed by atoms with Gasteiger partial charge in [-0.3, -0.25) is 9.59 Å². The molecule has 0 radical (unpaired) electrons. The van der Waals surface area contributed by atoms with Crippen LogP contribution in [0.1, 0.15) is 41.1 Å². The predicted molar refractivity (Wildman–Crippen MR) is 110 cm³/mol. The van der Waals surface area contributed by atoms with E-state index in [1.807, 2.05) is 38.1 Å². The molecule has 6 heteroatoms. The van der Waals surface area contributed by atoms with Crippen LogP contribution in [0.3, 0.4) is 0 Å². The molecule has 0 spiro atoms. The highest BCUT2D eigenvalue weighted by molar-refractivity contribution is 6.00. The molecule has 6 nitrogen and oxygen atoms in total. The number of piperidine rings is 1. The summed E-state index contributed by atoms with van der Waals surface area (Å²) in [6.45, 7) is 5.58. The molecule has 1 aliphatic rings. The third-order valence-corrected chi connectivity index (χ3v) is 5.61. The van der Waals surface area contributed by atoms with Crippen molar-refractivity contribution >= 4 is 11.9 Å². The lowest BCUT2D eigenvalue weighted by Crippen LogP contribution is -2.56. The van der Waals surface area contributed by atoms with Crippen LogP contribution in [0.25, 0.3) is 0 Å². The normalized spacial score (nSPS) is 22.3. The van der Waals surface area contributed by atoms with Crippen LogP contribution < -0.4 is 5.32 Å².